The van der Waals surface area contributed by atoms with Crippen molar-refractivity contribution in [3.05, 3.63) is 24.2 Å². The Hall–Kier alpha value is -1.82. The predicted octanol–water partition coefficient (Wildman–Crippen LogP) is 1.67. The Morgan fingerprint density at radius 3 is 2.87 bits per heavy atom. The van der Waals surface area contributed by atoms with Crippen LogP contribution in [0.1, 0.15) is 36.0 Å². The quantitative estimate of drug-likeness (QED) is 0.838. The van der Waals surface area contributed by atoms with Crippen LogP contribution < -0.4 is 5.32 Å². The van der Waals surface area contributed by atoms with Crippen LogP contribution in [0.2, 0.25) is 0 Å². The number of hydrogen-bond acceptors (Lipinski definition) is 4. The highest BCUT2D eigenvalue weighted by atomic mass is 16.5. The molecule has 0 radical (unpaired) electrons. The summed E-state index contributed by atoms with van der Waals surface area (Å²) in [7, 11) is 1.62. The molecule has 2 amide bonds. The first-order chi connectivity index (χ1) is 11.2. The lowest BCUT2D eigenvalue weighted by atomic mass is 9.76. The molecule has 1 unspecified atom stereocenters. The summed E-state index contributed by atoms with van der Waals surface area (Å²) in [5.74, 6) is -0.124. The summed E-state index contributed by atoms with van der Waals surface area (Å²) in [6.07, 6.45) is 7.28. The number of rotatable bonds is 5. The van der Waals surface area contributed by atoms with Gasteiger partial charge in [0.05, 0.1) is 24.4 Å². The Bertz CT molecular complexity index is 549. The summed E-state index contributed by atoms with van der Waals surface area (Å²) in [6.45, 7) is 2.17. The normalized spacial score (nSPS) is 22.7. The summed E-state index contributed by atoms with van der Waals surface area (Å²) >= 11 is 0. The molecule has 1 aromatic rings. The summed E-state index contributed by atoms with van der Waals surface area (Å²) in [6, 6.07) is 1.68. The van der Waals surface area contributed by atoms with Crippen molar-refractivity contribution in [2.75, 3.05) is 33.4 Å². The molecular weight excluding hydrogens is 296 g/mol. The highest BCUT2D eigenvalue weighted by Gasteiger charge is 2.52. The Kier molecular flexibility index (Phi) is 4.71. The van der Waals surface area contributed by atoms with Crippen molar-refractivity contribution in [3.63, 3.8) is 0 Å². The second kappa shape index (κ2) is 6.74. The van der Waals surface area contributed by atoms with E-state index in [1.807, 2.05) is 4.90 Å². The lowest BCUT2D eigenvalue weighted by molar-refractivity contribution is -0.127. The zero-order valence-electron chi connectivity index (χ0n) is 13.5. The number of amides is 2. The molecule has 1 saturated heterocycles. The van der Waals surface area contributed by atoms with Crippen LogP contribution in [-0.2, 0) is 9.53 Å². The highest BCUT2D eigenvalue weighted by molar-refractivity contribution is 5.94. The fourth-order valence-electron chi connectivity index (χ4n) is 4.04. The average molecular weight is 320 g/mol. The maximum atomic E-state index is 12.6. The first-order valence-corrected chi connectivity index (χ1v) is 8.24. The van der Waals surface area contributed by atoms with Gasteiger partial charge in [0, 0.05) is 32.2 Å². The van der Waals surface area contributed by atoms with Gasteiger partial charge in [-0.25, -0.2) is 0 Å². The number of likely N-dealkylation sites (tertiary alicyclic amines) is 1. The van der Waals surface area contributed by atoms with Gasteiger partial charge in [-0.2, -0.15) is 0 Å². The fourth-order valence-corrected chi connectivity index (χ4v) is 4.04. The van der Waals surface area contributed by atoms with Gasteiger partial charge in [-0.05, 0) is 18.9 Å². The molecule has 1 aromatic heterocycles. The lowest BCUT2D eigenvalue weighted by Crippen LogP contribution is -2.41. The van der Waals surface area contributed by atoms with Crippen molar-refractivity contribution < 1.29 is 18.7 Å². The molecule has 1 aliphatic heterocycles. The monoisotopic (exact) mass is 320 g/mol. The molecule has 3 rings (SSSR count). The lowest BCUT2D eigenvalue weighted by Gasteiger charge is -2.28. The number of hydrogen-bond donors (Lipinski definition) is 1. The minimum Gasteiger partial charge on any atom is -0.472 e. The first kappa shape index (κ1) is 16.1. The molecule has 23 heavy (non-hydrogen) atoms. The Morgan fingerprint density at radius 2 is 2.22 bits per heavy atom. The number of nitrogens with one attached hydrogen (secondary N) is 1. The third-order valence-electron chi connectivity index (χ3n) is 5.22. The molecular formula is C17H24N2O4. The number of furan rings is 1. The summed E-state index contributed by atoms with van der Waals surface area (Å²) < 4.78 is 10.0. The van der Waals surface area contributed by atoms with Crippen LogP contribution in [0.5, 0.6) is 0 Å². The van der Waals surface area contributed by atoms with E-state index in [9.17, 15) is 9.59 Å². The Morgan fingerprint density at radius 1 is 1.43 bits per heavy atom. The van der Waals surface area contributed by atoms with Crippen LogP contribution in [0.25, 0.3) is 0 Å². The van der Waals surface area contributed by atoms with Crippen LogP contribution in [0.4, 0.5) is 0 Å². The van der Waals surface area contributed by atoms with Gasteiger partial charge >= 0.3 is 0 Å². The summed E-state index contributed by atoms with van der Waals surface area (Å²) in [4.78, 5) is 27.0. The molecule has 1 atom stereocenters. The second-order valence-electron chi connectivity index (χ2n) is 6.60. The molecule has 126 valence electrons. The maximum absolute atomic E-state index is 12.6. The summed E-state index contributed by atoms with van der Waals surface area (Å²) in [5, 5.41) is 2.95. The maximum Gasteiger partial charge on any atom is 0.257 e. The van der Waals surface area contributed by atoms with Crippen LogP contribution >= 0.6 is 0 Å². The predicted molar refractivity (Wildman–Crippen MR) is 83.9 cm³/mol. The smallest absolute Gasteiger partial charge is 0.257 e. The van der Waals surface area contributed by atoms with Crippen molar-refractivity contribution in [1.29, 1.82) is 0 Å². The van der Waals surface area contributed by atoms with Gasteiger partial charge in [-0.15, -0.1) is 0 Å². The first-order valence-electron chi connectivity index (χ1n) is 8.24. The minimum absolute atomic E-state index is 0.0442. The van der Waals surface area contributed by atoms with Gasteiger partial charge in [-0.1, -0.05) is 12.8 Å². The standard InChI is InChI=1S/C17H24N2O4/c1-22-9-7-18-15(20)14-10-19(12-17(14)5-2-3-6-17)16(21)13-4-8-23-11-13/h4,8,11,14H,2-3,5-7,9-10,12H2,1H3,(H,18,20). The molecule has 6 heteroatoms. The molecule has 1 aliphatic carbocycles. The third kappa shape index (κ3) is 3.13. The SMILES string of the molecule is COCCNC(=O)C1CN(C(=O)c2ccoc2)CC12CCCC2. The molecule has 2 aliphatic rings. The van der Waals surface area contributed by atoms with E-state index in [4.69, 9.17) is 9.15 Å². The van der Waals surface area contributed by atoms with Crippen LogP contribution in [0.15, 0.2) is 23.0 Å². The molecule has 2 heterocycles. The van der Waals surface area contributed by atoms with E-state index in [1.54, 1.807) is 13.2 Å². The number of carbonyl (C=O) groups excluding carboxylic acids is 2. The van der Waals surface area contributed by atoms with Crippen LogP contribution in [0.3, 0.4) is 0 Å². The van der Waals surface area contributed by atoms with Gasteiger partial charge in [0.1, 0.15) is 6.26 Å². The largest absolute Gasteiger partial charge is 0.472 e. The van der Waals surface area contributed by atoms with Gasteiger partial charge in [0.15, 0.2) is 0 Å². The third-order valence-corrected chi connectivity index (χ3v) is 5.22. The Balaban J connectivity index is 1.72. The number of nitrogens with zero attached hydrogens (tertiary/aromatic N) is 1. The van der Waals surface area contributed by atoms with Gasteiger partial charge < -0.3 is 19.4 Å². The molecule has 2 fully saturated rings. The van der Waals surface area contributed by atoms with Crippen molar-refractivity contribution in [2.24, 2.45) is 11.3 Å². The minimum atomic E-state index is -0.127. The van der Waals surface area contributed by atoms with E-state index in [1.165, 1.54) is 12.5 Å². The summed E-state index contributed by atoms with van der Waals surface area (Å²) in [5.41, 5.74) is 0.495. The molecule has 1 spiro atoms. The van der Waals surface area contributed by atoms with Crippen LogP contribution in [0, 0.1) is 11.3 Å². The highest BCUT2D eigenvalue weighted by Crippen LogP contribution is 2.49. The molecule has 1 N–H and O–H groups in total. The second-order valence-corrected chi connectivity index (χ2v) is 6.60. The van der Waals surface area contributed by atoms with Crippen molar-refractivity contribution in [2.45, 2.75) is 25.7 Å². The number of carbonyl (C=O) groups is 2. The molecule has 0 aromatic carbocycles. The van der Waals surface area contributed by atoms with Crippen molar-refractivity contribution in [3.8, 4) is 0 Å². The fraction of sp³-hybridized carbons (Fsp3) is 0.647. The topological polar surface area (TPSA) is 71.8 Å². The number of ether oxygens (including phenoxy) is 1. The van der Waals surface area contributed by atoms with Crippen molar-refractivity contribution in [1.82, 2.24) is 10.2 Å². The zero-order chi connectivity index (χ0) is 16.3. The van der Waals surface area contributed by atoms with Crippen molar-refractivity contribution >= 4 is 11.8 Å². The molecule has 6 nitrogen and oxygen atoms in total. The van der Waals surface area contributed by atoms with Gasteiger partial charge in [0.25, 0.3) is 5.91 Å². The van der Waals surface area contributed by atoms with Crippen LogP contribution in [-0.4, -0.2) is 50.1 Å². The number of methoxy groups -OCH3 is 1. The van der Waals surface area contributed by atoms with Gasteiger partial charge in [-0.3, -0.25) is 9.59 Å². The average Bonchev–Trinajstić information content (AvgIpc) is 3.28. The zero-order valence-corrected chi connectivity index (χ0v) is 13.5. The van der Waals surface area contributed by atoms with E-state index in [2.05, 4.69) is 5.32 Å². The van der Waals surface area contributed by atoms with E-state index in [0.717, 1.165) is 25.7 Å². The molecule has 1 saturated carbocycles. The van der Waals surface area contributed by atoms with E-state index in [-0.39, 0.29) is 23.1 Å². The van der Waals surface area contributed by atoms with E-state index in [0.29, 0.717) is 31.8 Å². The Labute approximate surface area is 136 Å². The van der Waals surface area contributed by atoms with Gasteiger partial charge in [0.2, 0.25) is 5.91 Å². The van der Waals surface area contributed by atoms with E-state index < -0.39 is 0 Å². The molecule has 0 bridgehead atoms. The van der Waals surface area contributed by atoms with E-state index >= 15 is 0 Å².